The quantitative estimate of drug-likeness (QED) is 0.615. The second-order valence-electron chi connectivity index (χ2n) is 0.169. The summed E-state index contributed by atoms with van der Waals surface area (Å²) in [6, 6.07) is 0. The zero-order valence-corrected chi connectivity index (χ0v) is 8.22. The molecule has 7 heteroatoms. The zero-order valence-electron chi connectivity index (χ0n) is 3.05. The summed E-state index contributed by atoms with van der Waals surface area (Å²) in [7, 11) is 0. The van der Waals surface area contributed by atoms with E-state index in [2.05, 4.69) is 2.90 Å². The van der Waals surface area contributed by atoms with E-state index in [0.717, 1.165) is 0 Å². The van der Waals surface area contributed by atoms with Gasteiger partial charge in [0.25, 0.3) is 0 Å². The van der Waals surface area contributed by atoms with Crippen LogP contribution in [0.15, 0.2) is 0 Å². The van der Waals surface area contributed by atoms with Gasteiger partial charge in [-0.3, -0.25) is 0 Å². The summed E-state index contributed by atoms with van der Waals surface area (Å²) in [5.41, 5.74) is 0. The van der Waals surface area contributed by atoms with Crippen LogP contribution in [0.3, 0.4) is 0 Å². The molecule has 42 valence electrons. The van der Waals surface area contributed by atoms with Crippen molar-refractivity contribution in [1.29, 1.82) is 0 Å². The molecule has 0 unspecified atom stereocenters. The van der Waals surface area contributed by atoms with Gasteiger partial charge in [-0.05, 0) is 0 Å². The minimum absolute atomic E-state index is 0.125. The van der Waals surface area contributed by atoms with Crippen molar-refractivity contribution in [2.45, 2.75) is 0 Å². The van der Waals surface area contributed by atoms with Gasteiger partial charge in [-0.2, -0.15) is 0 Å². The summed E-state index contributed by atoms with van der Waals surface area (Å²) in [5, 5.41) is 0. The molecule has 4 nitrogen and oxygen atoms in total. The van der Waals surface area contributed by atoms with Gasteiger partial charge >= 0.3 is 62.8 Å². The molecule has 0 atom stereocenters. The van der Waals surface area contributed by atoms with E-state index in [9.17, 15) is 0 Å². The molecular weight excluding hydrogens is 241 g/mol. The van der Waals surface area contributed by atoms with Gasteiger partial charge < -0.3 is 0 Å². The number of hydrogen-bond donors (Lipinski definition) is 0. The van der Waals surface area contributed by atoms with Gasteiger partial charge in [0.15, 0.2) is 0 Å². The van der Waals surface area contributed by atoms with Crippen LogP contribution < -0.4 is 0 Å². The Morgan fingerprint density at radius 2 is 1.43 bits per heavy atom. The van der Waals surface area contributed by atoms with E-state index in [1.807, 2.05) is 0 Å². The second-order valence-corrected chi connectivity index (χ2v) is 1.35. The Morgan fingerprint density at radius 3 is 1.43 bits per heavy atom. The van der Waals surface area contributed by atoms with Crippen LogP contribution >= 0.6 is 0 Å². The van der Waals surface area contributed by atoms with Crippen molar-refractivity contribution in [1.82, 2.24) is 0 Å². The van der Waals surface area contributed by atoms with Gasteiger partial charge in [0.2, 0.25) is 0 Å². The average Bonchev–Trinajstić information content (AvgIpc) is 1.75. The Kier molecular flexibility index (Phi) is 24.5. The van der Waals surface area contributed by atoms with E-state index in [1.54, 1.807) is 0 Å². The normalized spacial score (nSPS) is 6.57. The van der Waals surface area contributed by atoms with Gasteiger partial charge in [-0.25, -0.2) is 0 Å². The molecule has 0 heterocycles. The van der Waals surface area contributed by atoms with Crippen molar-refractivity contribution in [3.05, 3.63) is 0 Å². The Balaban J connectivity index is 0. The van der Waals surface area contributed by atoms with Crippen molar-refractivity contribution in [3.8, 4) is 0 Å². The van der Waals surface area contributed by atoms with Crippen LogP contribution in [-0.2, 0) is 62.8 Å². The van der Waals surface area contributed by atoms with Gasteiger partial charge in [0.1, 0.15) is 0 Å². The topological polar surface area (TPSA) is 60.4 Å². The molecule has 0 radical (unpaired) electrons. The Bertz CT molecular complexity index is 47.7. The van der Waals surface area contributed by atoms with Crippen LogP contribution in [0.5, 0.6) is 0 Å². The van der Waals surface area contributed by atoms with Crippen LogP contribution in [0.2, 0.25) is 0 Å². The summed E-state index contributed by atoms with van der Waals surface area (Å²) in [4.78, 5) is 0. The molecule has 0 fully saturated rings. The maximum atomic E-state index is 9.11. The van der Waals surface area contributed by atoms with E-state index in [-0.39, 0.29) is 18.3 Å². The van der Waals surface area contributed by atoms with E-state index in [0.29, 0.717) is 0 Å². The fraction of sp³-hybridized carbons (Fsp3) is 0. The van der Waals surface area contributed by atoms with E-state index in [4.69, 9.17) is 11.2 Å². The van der Waals surface area contributed by atoms with Gasteiger partial charge in [0, 0.05) is 0 Å². The second kappa shape index (κ2) is 15.7. The molecule has 0 bridgehead atoms. The van der Waals surface area contributed by atoms with E-state index in [1.165, 1.54) is 0 Å². The van der Waals surface area contributed by atoms with Crippen LogP contribution in [-0.4, -0.2) is 0 Å². The fourth-order valence-electron chi connectivity index (χ4n) is 0.00851. The minimum atomic E-state index is -0.719. The third-order valence-electron chi connectivity index (χ3n) is 0.0417. The maximum absolute atomic E-state index is 9.11. The summed E-state index contributed by atoms with van der Waals surface area (Å²) < 4.78 is 30.3. The molecule has 0 saturated carbocycles. The number of hydrogen-bond acceptors (Lipinski definition) is 4. The Hall–Kier alpha value is 1.02. The molecular formula is Fe2O4Zn. The molecule has 0 spiro atoms. The van der Waals surface area contributed by atoms with Crippen molar-refractivity contribution in [2.75, 3.05) is 0 Å². The molecule has 0 aliphatic heterocycles. The summed E-state index contributed by atoms with van der Waals surface area (Å²) in [5.74, 6) is 0. The SMILES string of the molecule is [O]=[Fe][O][Fe]=[O].[O]=[Zn]. The predicted molar refractivity (Wildman–Crippen MR) is 3.14 cm³/mol. The van der Waals surface area contributed by atoms with Crippen LogP contribution in [0.4, 0.5) is 0 Å². The summed E-state index contributed by atoms with van der Waals surface area (Å²) >= 11 is -1.31. The van der Waals surface area contributed by atoms with Gasteiger partial charge in [-0.1, -0.05) is 0 Å². The third-order valence-corrected chi connectivity index (χ3v) is 0.708. The Morgan fingerprint density at radius 1 is 1.14 bits per heavy atom. The molecule has 0 aromatic carbocycles. The fourth-order valence-corrected chi connectivity index (χ4v) is 0.145. The molecule has 0 N–H and O–H groups in total. The first-order chi connectivity index (χ1) is 3.41. The molecule has 0 aromatic heterocycles. The first-order valence-electron chi connectivity index (χ1n) is 0.866. The van der Waals surface area contributed by atoms with Crippen LogP contribution in [0.1, 0.15) is 0 Å². The van der Waals surface area contributed by atoms with Crippen molar-refractivity contribution >= 4 is 0 Å². The molecule has 0 aliphatic rings. The molecule has 0 amide bonds. The first kappa shape index (κ1) is 10.9. The predicted octanol–water partition coefficient (Wildman–Crippen LogP) is -0.432. The third kappa shape index (κ3) is 19.4. The van der Waals surface area contributed by atoms with Crippen molar-refractivity contribution in [2.24, 2.45) is 0 Å². The summed E-state index contributed by atoms with van der Waals surface area (Å²) in [6.45, 7) is 0. The molecule has 0 rings (SSSR count). The van der Waals surface area contributed by atoms with Gasteiger partial charge in [-0.15, -0.1) is 0 Å². The van der Waals surface area contributed by atoms with Crippen molar-refractivity contribution < 1.29 is 62.8 Å². The van der Waals surface area contributed by atoms with Crippen LogP contribution in [0, 0.1) is 0 Å². The monoisotopic (exact) mass is 240 g/mol. The zero-order chi connectivity index (χ0) is 6.12. The number of rotatable bonds is 2. The van der Waals surface area contributed by atoms with E-state index >= 15 is 0 Å². The molecule has 0 aliphatic carbocycles. The Labute approximate surface area is 62.7 Å². The summed E-state index contributed by atoms with van der Waals surface area (Å²) in [6.07, 6.45) is 0. The van der Waals surface area contributed by atoms with Gasteiger partial charge in [0.05, 0.1) is 0 Å². The first-order valence-corrected chi connectivity index (χ1v) is 3.88. The standard InChI is InChI=1S/2Fe.4O.Zn. The average molecular weight is 241 g/mol. The van der Waals surface area contributed by atoms with Crippen LogP contribution in [0.25, 0.3) is 0 Å². The molecule has 7 heavy (non-hydrogen) atoms. The van der Waals surface area contributed by atoms with E-state index < -0.39 is 30.4 Å². The molecule has 0 saturated heterocycles. The van der Waals surface area contributed by atoms with Crippen molar-refractivity contribution in [3.63, 3.8) is 0 Å². The molecule has 0 aromatic rings.